The van der Waals surface area contributed by atoms with E-state index >= 15 is 0 Å². The largest absolute Gasteiger partial charge is 0.439 e. The van der Waals surface area contributed by atoms with Gasteiger partial charge in [-0.15, -0.1) is 0 Å². The number of benzene rings is 2. The predicted octanol–water partition coefficient (Wildman–Crippen LogP) is 3.83. The first kappa shape index (κ1) is 12.9. The van der Waals surface area contributed by atoms with Gasteiger partial charge in [0.25, 0.3) is 0 Å². The summed E-state index contributed by atoms with van der Waals surface area (Å²) in [4.78, 5) is 4.26. The molecule has 0 saturated carbocycles. The van der Waals surface area contributed by atoms with Crippen LogP contribution in [0.2, 0.25) is 0 Å². The van der Waals surface area contributed by atoms with Gasteiger partial charge in [0.15, 0.2) is 5.76 Å². The quantitative estimate of drug-likeness (QED) is 0.786. The molecule has 21 heavy (non-hydrogen) atoms. The van der Waals surface area contributed by atoms with Gasteiger partial charge < -0.3 is 9.73 Å². The monoisotopic (exact) mass is 275 g/mol. The molecule has 0 radical (unpaired) electrons. The highest BCUT2D eigenvalue weighted by Gasteiger charge is 2.06. The third kappa shape index (κ3) is 3.10. The number of nitrogens with zero attached hydrogens (tertiary/aromatic N) is 2. The lowest BCUT2D eigenvalue weighted by molar-refractivity contribution is 0.516. The molecule has 2 aromatic carbocycles. The van der Waals surface area contributed by atoms with Crippen LogP contribution >= 0.6 is 0 Å². The van der Waals surface area contributed by atoms with E-state index in [0.717, 1.165) is 11.3 Å². The lowest BCUT2D eigenvalue weighted by atomic mass is 10.1. The Hall–Kier alpha value is -3.06. The average molecular weight is 275 g/mol. The highest BCUT2D eigenvalue weighted by molar-refractivity contribution is 5.57. The van der Waals surface area contributed by atoms with Crippen LogP contribution in [0.5, 0.6) is 0 Å². The summed E-state index contributed by atoms with van der Waals surface area (Å²) >= 11 is 0. The molecule has 3 aromatic rings. The van der Waals surface area contributed by atoms with Crippen LogP contribution in [0.3, 0.4) is 0 Å². The number of nitriles is 1. The van der Waals surface area contributed by atoms with Gasteiger partial charge >= 0.3 is 0 Å². The van der Waals surface area contributed by atoms with E-state index in [1.165, 1.54) is 0 Å². The summed E-state index contributed by atoms with van der Waals surface area (Å²) in [7, 11) is 0. The molecular formula is C17H13N3O. The molecule has 3 rings (SSSR count). The highest BCUT2D eigenvalue weighted by atomic mass is 16.4. The van der Waals surface area contributed by atoms with E-state index in [1.807, 2.05) is 42.5 Å². The lowest BCUT2D eigenvalue weighted by Crippen LogP contribution is -1.98. The number of nitrogens with one attached hydrogen (secondary N) is 1. The summed E-state index contributed by atoms with van der Waals surface area (Å²) in [5, 5.41) is 12.0. The fourth-order valence-electron chi connectivity index (χ4n) is 1.97. The van der Waals surface area contributed by atoms with Gasteiger partial charge in [-0.25, -0.2) is 4.98 Å². The predicted molar refractivity (Wildman–Crippen MR) is 80.4 cm³/mol. The van der Waals surface area contributed by atoms with Crippen LogP contribution in [0.25, 0.3) is 11.3 Å². The van der Waals surface area contributed by atoms with Crippen LogP contribution < -0.4 is 5.32 Å². The van der Waals surface area contributed by atoms with Gasteiger partial charge in [-0.2, -0.15) is 5.26 Å². The zero-order chi connectivity index (χ0) is 14.5. The Labute approximate surface area is 122 Å². The van der Waals surface area contributed by atoms with Gasteiger partial charge in [0.2, 0.25) is 5.89 Å². The van der Waals surface area contributed by atoms with E-state index in [9.17, 15) is 0 Å². The van der Waals surface area contributed by atoms with Crippen molar-refractivity contribution in [3.63, 3.8) is 0 Å². The first-order valence-corrected chi connectivity index (χ1v) is 6.59. The van der Waals surface area contributed by atoms with Gasteiger partial charge in [-0.1, -0.05) is 18.2 Å². The number of oxazole rings is 1. The SMILES string of the molecule is N#Cc1ccc(-c2cnc(CNc3ccccc3)o2)cc1. The molecule has 1 N–H and O–H groups in total. The van der Waals surface area contributed by atoms with E-state index in [2.05, 4.69) is 16.4 Å². The Bertz CT molecular complexity index is 755. The summed E-state index contributed by atoms with van der Waals surface area (Å²) in [6.07, 6.45) is 1.70. The zero-order valence-corrected chi connectivity index (χ0v) is 11.3. The molecule has 0 unspecified atom stereocenters. The highest BCUT2D eigenvalue weighted by Crippen LogP contribution is 2.21. The summed E-state index contributed by atoms with van der Waals surface area (Å²) in [6, 6.07) is 19.2. The fourth-order valence-corrected chi connectivity index (χ4v) is 1.97. The van der Waals surface area contributed by atoms with E-state index in [1.54, 1.807) is 18.3 Å². The van der Waals surface area contributed by atoms with Crippen molar-refractivity contribution in [1.29, 1.82) is 5.26 Å². The third-order valence-electron chi connectivity index (χ3n) is 3.07. The Morgan fingerprint density at radius 1 is 1.05 bits per heavy atom. The van der Waals surface area contributed by atoms with Crippen LogP contribution in [0.4, 0.5) is 5.69 Å². The minimum atomic E-state index is 0.528. The number of para-hydroxylation sites is 1. The number of hydrogen-bond donors (Lipinski definition) is 1. The second-order valence-corrected chi connectivity index (χ2v) is 4.53. The maximum absolute atomic E-state index is 8.79. The van der Waals surface area contributed by atoms with Crippen LogP contribution in [0.15, 0.2) is 65.2 Å². The van der Waals surface area contributed by atoms with E-state index < -0.39 is 0 Å². The van der Waals surface area contributed by atoms with Gasteiger partial charge in [-0.3, -0.25) is 0 Å². The smallest absolute Gasteiger partial charge is 0.214 e. The Morgan fingerprint density at radius 3 is 2.52 bits per heavy atom. The molecule has 0 aliphatic carbocycles. The molecular weight excluding hydrogens is 262 g/mol. The van der Waals surface area contributed by atoms with Crippen molar-refractivity contribution in [2.45, 2.75) is 6.54 Å². The Morgan fingerprint density at radius 2 is 1.81 bits per heavy atom. The summed E-state index contributed by atoms with van der Waals surface area (Å²) in [5.74, 6) is 1.32. The molecule has 4 nitrogen and oxygen atoms in total. The van der Waals surface area contributed by atoms with Crippen LogP contribution in [-0.2, 0) is 6.54 Å². The third-order valence-corrected chi connectivity index (χ3v) is 3.07. The molecule has 0 aliphatic rings. The zero-order valence-electron chi connectivity index (χ0n) is 11.3. The summed E-state index contributed by atoms with van der Waals surface area (Å²) in [6.45, 7) is 0.528. The van der Waals surface area contributed by atoms with Crippen molar-refractivity contribution < 1.29 is 4.42 Å². The minimum absolute atomic E-state index is 0.528. The van der Waals surface area contributed by atoms with E-state index in [0.29, 0.717) is 23.8 Å². The second kappa shape index (κ2) is 5.93. The second-order valence-electron chi connectivity index (χ2n) is 4.53. The number of hydrogen-bond acceptors (Lipinski definition) is 4. The molecule has 0 aliphatic heterocycles. The molecule has 0 saturated heterocycles. The van der Waals surface area contributed by atoms with E-state index in [-0.39, 0.29) is 0 Å². The topological polar surface area (TPSA) is 61.9 Å². The molecule has 0 amide bonds. The molecule has 0 atom stereocenters. The van der Waals surface area contributed by atoms with Crippen molar-refractivity contribution in [3.05, 3.63) is 72.2 Å². The first-order valence-electron chi connectivity index (χ1n) is 6.59. The average Bonchev–Trinajstić information content (AvgIpc) is 3.03. The molecule has 0 bridgehead atoms. The molecule has 4 heteroatoms. The lowest BCUT2D eigenvalue weighted by Gasteiger charge is -2.02. The normalized spacial score (nSPS) is 10.0. The van der Waals surface area contributed by atoms with Gasteiger partial charge in [-0.05, 0) is 36.4 Å². The number of rotatable bonds is 4. The number of anilines is 1. The standard InChI is InChI=1S/C17H13N3O/c18-10-13-6-8-14(9-7-13)16-11-20-17(21-16)12-19-15-4-2-1-3-5-15/h1-9,11,19H,12H2. The first-order chi connectivity index (χ1) is 10.3. The summed E-state index contributed by atoms with van der Waals surface area (Å²) in [5.41, 5.74) is 2.56. The molecule has 1 heterocycles. The van der Waals surface area contributed by atoms with Crippen LogP contribution in [0, 0.1) is 11.3 Å². The van der Waals surface area contributed by atoms with Crippen molar-refractivity contribution >= 4 is 5.69 Å². The maximum atomic E-state index is 8.79. The van der Waals surface area contributed by atoms with Gasteiger partial charge in [0, 0.05) is 11.3 Å². The Kier molecular flexibility index (Phi) is 3.66. The molecule has 0 fully saturated rings. The van der Waals surface area contributed by atoms with Gasteiger partial charge in [0.05, 0.1) is 24.4 Å². The van der Waals surface area contributed by atoms with Crippen LogP contribution in [0.1, 0.15) is 11.5 Å². The molecule has 0 spiro atoms. The molecule has 102 valence electrons. The summed E-state index contributed by atoms with van der Waals surface area (Å²) < 4.78 is 5.71. The van der Waals surface area contributed by atoms with Crippen LogP contribution in [-0.4, -0.2) is 4.98 Å². The number of aromatic nitrogens is 1. The molecule has 1 aromatic heterocycles. The fraction of sp³-hybridized carbons (Fsp3) is 0.0588. The van der Waals surface area contributed by atoms with E-state index in [4.69, 9.17) is 9.68 Å². The maximum Gasteiger partial charge on any atom is 0.214 e. The Balaban J connectivity index is 1.69. The van der Waals surface area contributed by atoms with Crippen molar-refractivity contribution in [3.8, 4) is 17.4 Å². The van der Waals surface area contributed by atoms with Gasteiger partial charge in [0.1, 0.15) is 0 Å². The van der Waals surface area contributed by atoms with Crippen molar-refractivity contribution in [1.82, 2.24) is 4.98 Å². The van der Waals surface area contributed by atoms with Crippen molar-refractivity contribution in [2.75, 3.05) is 5.32 Å². The minimum Gasteiger partial charge on any atom is -0.439 e. The van der Waals surface area contributed by atoms with Crippen molar-refractivity contribution in [2.24, 2.45) is 0 Å².